The lowest BCUT2D eigenvalue weighted by atomic mass is 10.2. The summed E-state index contributed by atoms with van der Waals surface area (Å²) in [6.45, 7) is 8.60. The molecule has 144 valence electrons. The van der Waals surface area contributed by atoms with E-state index in [0.717, 1.165) is 0 Å². The molecule has 27 heavy (non-hydrogen) atoms. The minimum absolute atomic E-state index is 0.144. The van der Waals surface area contributed by atoms with Crippen LogP contribution in [0.4, 0.5) is 11.9 Å². The van der Waals surface area contributed by atoms with Gasteiger partial charge in [-0.25, -0.2) is 0 Å². The van der Waals surface area contributed by atoms with Crippen LogP contribution >= 0.6 is 0 Å². The van der Waals surface area contributed by atoms with Crippen LogP contribution in [0.3, 0.4) is 0 Å². The molecule has 0 radical (unpaired) electrons. The smallest absolute Gasteiger partial charge is 0.258 e. The van der Waals surface area contributed by atoms with Crippen molar-refractivity contribution in [3.8, 4) is 5.95 Å². The molecule has 2 aromatic rings. The molecule has 0 spiro atoms. The van der Waals surface area contributed by atoms with Crippen molar-refractivity contribution in [3.05, 3.63) is 11.4 Å². The van der Waals surface area contributed by atoms with Crippen molar-refractivity contribution in [3.63, 3.8) is 0 Å². The average Bonchev–Trinajstić information content (AvgIpc) is 3.11. The number of ketones is 1. The fourth-order valence-electron chi connectivity index (χ4n) is 3.09. The Morgan fingerprint density at radius 2 is 1.33 bits per heavy atom. The molecule has 11 heteroatoms. The van der Waals surface area contributed by atoms with Gasteiger partial charge in [-0.15, -0.1) is 5.10 Å². The number of carbonyl (C=O) groups excluding carboxylic acids is 1. The summed E-state index contributed by atoms with van der Waals surface area (Å²) in [5, 5.41) is 8.06. The summed E-state index contributed by atoms with van der Waals surface area (Å²) in [7, 11) is 0. The number of carbonyl (C=O) groups is 1. The highest BCUT2D eigenvalue weighted by molar-refractivity contribution is 5.93. The van der Waals surface area contributed by atoms with Crippen molar-refractivity contribution in [2.75, 3.05) is 62.4 Å². The van der Waals surface area contributed by atoms with Gasteiger partial charge in [-0.1, -0.05) is 5.21 Å². The fourth-order valence-corrected chi connectivity index (χ4v) is 3.09. The van der Waals surface area contributed by atoms with Crippen LogP contribution in [0.2, 0.25) is 0 Å². The third-order valence-corrected chi connectivity index (χ3v) is 4.61. The maximum Gasteiger partial charge on any atom is 0.258 e. The quantitative estimate of drug-likeness (QED) is 0.657. The summed E-state index contributed by atoms with van der Waals surface area (Å²) in [6.07, 6.45) is 0. The monoisotopic (exact) mass is 374 g/mol. The van der Waals surface area contributed by atoms with Crippen LogP contribution in [0.15, 0.2) is 0 Å². The molecular weight excluding hydrogens is 352 g/mol. The number of aromatic nitrogens is 6. The molecule has 0 saturated carbocycles. The molecule has 4 rings (SSSR count). The van der Waals surface area contributed by atoms with Gasteiger partial charge >= 0.3 is 0 Å². The van der Waals surface area contributed by atoms with E-state index < -0.39 is 0 Å². The van der Waals surface area contributed by atoms with E-state index in [1.165, 1.54) is 11.6 Å². The van der Waals surface area contributed by atoms with Gasteiger partial charge < -0.3 is 19.3 Å². The van der Waals surface area contributed by atoms with E-state index >= 15 is 0 Å². The highest BCUT2D eigenvalue weighted by atomic mass is 16.5. The van der Waals surface area contributed by atoms with Crippen LogP contribution < -0.4 is 9.80 Å². The Hall–Kier alpha value is -2.66. The van der Waals surface area contributed by atoms with Crippen LogP contribution in [-0.2, 0) is 9.47 Å². The van der Waals surface area contributed by atoms with Gasteiger partial charge in [0.2, 0.25) is 11.9 Å². The lowest BCUT2D eigenvalue weighted by Crippen LogP contribution is -2.40. The minimum atomic E-state index is -0.144. The van der Waals surface area contributed by atoms with Crippen LogP contribution in [0.25, 0.3) is 5.95 Å². The molecule has 4 heterocycles. The number of anilines is 2. The van der Waals surface area contributed by atoms with E-state index in [1.807, 2.05) is 0 Å². The van der Waals surface area contributed by atoms with Crippen molar-refractivity contribution < 1.29 is 14.3 Å². The predicted octanol–water partition coefficient (Wildman–Crippen LogP) is -0.363. The standard InChI is InChI=1S/C16H22N8O3/c1-11-13(12(2)25)20-21-24(11)16-18-14(22-3-7-26-8-4-22)17-15(19-16)23-5-9-27-10-6-23/h3-10H2,1-2H3. The van der Waals surface area contributed by atoms with Crippen molar-refractivity contribution in [2.45, 2.75) is 13.8 Å². The van der Waals surface area contributed by atoms with E-state index in [4.69, 9.17) is 9.47 Å². The Morgan fingerprint density at radius 3 is 1.78 bits per heavy atom. The third kappa shape index (κ3) is 3.60. The van der Waals surface area contributed by atoms with Gasteiger partial charge in [0.15, 0.2) is 11.5 Å². The third-order valence-electron chi connectivity index (χ3n) is 4.61. The van der Waals surface area contributed by atoms with Gasteiger partial charge in [0.05, 0.1) is 32.1 Å². The molecule has 2 aliphatic heterocycles. The second-order valence-corrected chi connectivity index (χ2v) is 6.43. The predicted molar refractivity (Wildman–Crippen MR) is 95.5 cm³/mol. The molecule has 0 unspecified atom stereocenters. The minimum Gasteiger partial charge on any atom is -0.378 e. The molecule has 2 aromatic heterocycles. The molecular formula is C16H22N8O3. The number of morpholine rings is 2. The molecule has 0 bridgehead atoms. The molecule has 0 aliphatic carbocycles. The average molecular weight is 374 g/mol. The first-order valence-electron chi connectivity index (χ1n) is 8.98. The molecule has 0 amide bonds. The lowest BCUT2D eigenvalue weighted by Gasteiger charge is -2.30. The Morgan fingerprint density at radius 1 is 0.852 bits per heavy atom. The normalized spacial score (nSPS) is 18.0. The van der Waals surface area contributed by atoms with E-state index in [1.54, 1.807) is 6.92 Å². The summed E-state index contributed by atoms with van der Waals surface area (Å²) >= 11 is 0. The summed E-state index contributed by atoms with van der Waals surface area (Å²) in [4.78, 5) is 29.7. The van der Waals surface area contributed by atoms with Crippen molar-refractivity contribution in [2.24, 2.45) is 0 Å². The second-order valence-electron chi connectivity index (χ2n) is 6.43. The first-order chi connectivity index (χ1) is 13.1. The topological polar surface area (TPSA) is 111 Å². The molecule has 0 atom stereocenters. The van der Waals surface area contributed by atoms with E-state index in [0.29, 0.717) is 81.8 Å². The summed E-state index contributed by atoms with van der Waals surface area (Å²) in [5.74, 6) is 1.35. The van der Waals surface area contributed by atoms with Gasteiger partial charge in [0.1, 0.15) is 0 Å². The van der Waals surface area contributed by atoms with Crippen LogP contribution in [-0.4, -0.2) is 88.3 Å². The van der Waals surface area contributed by atoms with Gasteiger partial charge in [-0.05, 0) is 6.92 Å². The maximum absolute atomic E-state index is 11.7. The maximum atomic E-state index is 11.7. The Kier molecular flexibility index (Phi) is 4.94. The highest BCUT2D eigenvalue weighted by Crippen LogP contribution is 2.19. The van der Waals surface area contributed by atoms with Crippen molar-refractivity contribution in [1.29, 1.82) is 0 Å². The van der Waals surface area contributed by atoms with Gasteiger partial charge in [0.25, 0.3) is 5.95 Å². The zero-order valence-corrected chi connectivity index (χ0v) is 15.5. The number of ether oxygens (including phenoxy) is 2. The van der Waals surface area contributed by atoms with Crippen molar-refractivity contribution in [1.82, 2.24) is 29.9 Å². The van der Waals surface area contributed by atoms with Gasteiger partial charge in [-0.2, -0.15) is 19.6 Å². The zero-order valence-electron chi connectivity index (χ0n) is 15.5. The molecule has 2 aliphatic rings. The number of Topliss-reactive ketones (excluding diaryl/α,β-unsaturated/α-hetero) is 1. The van der Waals surface area contributed by atoms with E-state index in [9.17, 15) is 4.79 Å². The molecule has 0 aromatic carbocycles. The zero-order chi connectivity index (χ0) is 18.8. The molecule has 11 nitrogen and oxygen atoms in total. The molecule has 2 saturated heterocycles. The molecule has 0 N–H and O–H groups in total. The Labute approximate surface area is 156 Å². The number of nitrogens with zero attached hydrogens (tertiary/aromatic N) is 8. The second kappa shape index (κ2) is 7.53. The highest BCUT2D eigenvalue weighted by Gasteiger charge is 2.23. The number of hydrogen-bond acceptors (Lipinski definition) is 10. The van der Waals surface area contributed by atoms with E-state index in [2.05, 4.69) is 35.1 Å². The lowest BCUT2D eigenvalue weighted by molar-refractivity contribution is 0.101. The van der Waals surface area contributed by atoms with Crippen LogP contribution in [0.5, 0.6) is 0 Å². The Balaban J connectivity index is 1.76. The van der Waals surface area contributed by atoms with Crippen molar-refractivity contribution >= 4 is 17.7 Å². The molecule has 2 fully saturated rings. The number of rotatable bonds is 4. The Bertz CT molecular complexity index is 791. The van der Waals surface area contributed by atoms with E-state index in [-0.39, 0.29) is 5.78 Å². The largest absolute Gasteiger partial charge is 0.378 e. The van der Waals surface area contributed by atoms with Crippen LogP contribution in [0, 0.1) is 6.92 Å². The van der Waals surface area contributed by atoms with Crippen LogP contribution in [0.1, 0.15) is 23.1 Å². The first-order valence-corrected chi connectivity index (χ1v) is 8.98. The fraction of sp³-hybridized carbons (Fsp3) is 0.625. The van der Waals surface area contributed by atoms with Gasteiger partial charge in [-0.3, -0.25) is 4.79 Å². The first kappa shape index (κ1) is 17.7. The summed E-state index contributed by atoms with van der Waals surface area (Å²) in [6, 6.07) is 0. The summed E-state index contributed by atoms with van der Waals surface area (Å²) in [5.41, 5.74) is 0.922. The van der Waals surface area contributed by atoms with Gasteiger partial charge in [0, 0.05) is 33.1 Å². The SMILES string of the molecule is CC(=O)c1nnn(-c2nc(N3CCOCC3)nc(N3CCOCC3)n2)c1C. The number of hydrogen-bond donors (Lipinski definition) is 0. The summed E-state index contributed by atoms with van der Waals surface area (Å²) < 4.78 is 12.3.